The average molecular weight is 360 g/mol. The van der Waals surface area contributed by atoms with Crippen molar-refractivity contribution in [2.45, 2.75) is 18.9 Å². The summed E-state index contributed by atoms with van der Waals surface area (Å²) in [5.41, 5.74) is -0.139. The highest BCUT2D eigenvalue weighted by molar-refractivity contribution is 5.85. The van der Waals surface area contributed by atoms with Crippen LogP contribution in [0.2, 0.25) is 0 Å². The van der Waals surface area contributed by atoms with Gasteiger partial charge in [0.25, 0.3) is 5.91 Å². The van der Waals surface area contributed by atoms with E-state index in [1.165, 1.54) is 25.3 Å². The van der Waals surface area contributed by atoms with E-state index < -0.39 is 4.92 Å². The van der Waals surface area contributed by atoms with Gasteiger partial charge in [0.1, 0.15) is 5.75 Å². The third kappa shape index (κ3) is 4.97. The van der Waals surface area contributed by atoms with Crippen LogP contribution in [0.4, 0.5) is 5.69 Å². The summed E-state index contributed by atoms with van der Waals surface area (Å²) < 4.78 is 10.4. The predicted octanol–water partition coefficient (Wildman–Crippen LogP) is 1.61. The number of hydrogen-bond acceptors (Lipinski definition) is 6. The average Bonchev–Trinajstić information content (AvgIpc) is 2.59. The quantitative estimate of drug-likeness (QED) is 0.612. The van der Waals surface area contributed by atoms with Gasteiger partial charge in [-0.3, -0.25) is 14.9 Å². The molecular formula is C15H22ClN3O5. The summed E-state index contributed by atoms with van der Waals surface area (Å²) in [5, 5.41) is 14.0. The molecule has 0 spiro atoms. The number of amides is 1. The second-order valence-corrected chi connectivity index (χ2v) is 5.32. The largest absolute Gasteiger partial charge is 0.490 e. The third-order valence-corrected chi connectivity index (χ3v) is 3.97. The molecule has 1 aromatic carbocycles. The first kappa shape index (κ1) is 20.0. The van der Waals surface area contributed by atoms with E-state index in [2.05, 4.69) is 5.32 Å². The number of carbonyl (C=O) groups is 1. The normalized spacial score (nSPS) is 14.7. The molecule has 9 heteroatoms. The molecule has 0 unspecified atom stereocenters. The lowest BCUT2D eigenvalue weighted by Gasteiger charge is -2.31. The maximum absolute atomic E-state index is 12.1. The summed E-state index contributed by atoms with van der Waals surface area (Å²) in [6.07, 6.45) is 1.85. The SMILES string of the molecule is CNC1CCN(C(=O)COc2ccc([N+](=O)[O-])c(OC)c2)CC1.Cl. The van der Waals surface area contributed by atoms with E-state index in [-0.39, 0.29) is 36.4 Å². The molecule has 1 N–H and O–H groups in total. The van der Waals surface area contributed by atoms with Crippen molar-refractivity contribution < 1.29 is 19.2 Å². The number of carbonyl (C=O) groups excluding carboxylic acids is 1. The van der Waals surface area contributed by atoms with Crippen LogP contribution < -0.4 is 14.8 Å². The third-order valence-electron chi connectivity index (χ3n) is 3.97. The fourth-order valence-corrected chi connectivity index (χ4v) is 2.55. The van der Waals surface area contributed by atoms with Crippen molar-refractivity contribution in [1.82, 2.24) is 10.2 Å². The number of halogens is 1. The number of nitro groups is 1. The van der Waals surface area contributed by atoms with E-state index in [0.29, 0.717) is 24.9 Å². The topological polar surface area (TPSA) is 93.9 Å². The molecule has 1 amide bonds. The van der Waals surface area contributed by atoms with Crippen LogP contribution in [0, 0.1) is 10.1 Å². The van der Waals surface area contributed by atoms with Gasteiger partial charge in [0.15, 0.2) is 6.61 Å². The zero-order valence-corrected chi connectivity index (χ0v) is 14.5. The Morgan fingerprint density at radius 3 is 2.62 bits per heavy atom. The van der Waals surface area contributed by atoms with Crippen LogP contribution in [-0.4, -0.2) is 55.6 Å². The molecule has 1 saturated heterocycles. The molecule has 1 aliphatic rings. The van der Waals surface area contributed by atoms with Gasteiger partial charge in [-0.25, -0.2) is 0 Å². The summed E-state index contributed by atoms with van der Waals surface area (Å²) in [4.78, 5) is 24.2. The van der Waals surface area contributed by atoms with E-state index >= 15 is 0 Å². The Labute approximate surface area is 146 Å². The van der Waals surface area contributed by atoms with Crippen LogP contribution in [-0.2, 0) is 4.79 Å². The van der Waals surface area contributed by atoms with Crippen molar-refractivity contribution in [3.63, 3.8) is 0 Å². The number of piperidine rings is 1. The van der Waals surface area contributed by atoms with Crippen LogP contribution in [0.1, 0.15) is 12.8 Å². The number of likely N-dealkylation sites (tertiary alicyclic amines) is 1. The van der Waals surface area contributed by atoms with Crippen LogP contribution >= 0.6 is 12.4 Å². The van der Waals surface area contributed by atoms with E-state index in [4.69, 9.17) is 9.47 Å². The first-order chi connectivity index (χ1) is 11.0. The highest BCUT2D eigenvalue weighted by Gasteiger charge is 2.22. The Balaban J connectivity index is 0.00000288. The maximum Gasteiger partial charge on any atom is 0.311 e. The lowest BCUT2D eigenvalue weighted by Crippen LogP contribution is -2.45. The molecule has 134 valence electrons. The number of nitrogens with one attached hydrogen (secondary N) is 1. The Morgan fingerprint density at radius 1 is 1.42 bits per heavy atom. The zero-order valence-electron chi connectivity index (χ0n) is 13.7. The minimum atomic E-state index is -0.528. The van der Waals surface area contributed by atoms with E-state index in [0.717, 1.165) is 12.8 Å². The monoisotopic (exact) mass is 359 g/mol. The van der Waals surface area contributed by atoms with Crippen LogP contribution in [0.15, 0.2) is 18.2 Å². The van der Waals surface area contributed by atoms with Gasteiger partial charge >= 0.3 is 5.69 Å². The summed E-state index contributed by atoms with van der Waals surface area (Å²) in [6, 6.07) is 4.63. The lowest BCUT2D eigenvalue weighted by atomic mass is 10.1. The fraction of sp³-hybridized carbons (Fsp3) is 0.533. The summed E-state index contributed by atoms with van der Waals surface area (Å²) in [6.45, 7) is 1.32. The molecular weight excluding hydrogens is 338 g/mol. The smallest absolute Gasteiger partial charge is 0.311 e. The predicted molar refractivity (Wildman–Crippen MR) is 91.1 cm³/mol. The number of benzene rings is 1. The number of ether oxygens (including phenoxy) is 2. The van der Waals surface area contributed by atoms with Crippen LogP contribution in [0.3, 0.4) is 0 Å². The van der Waals surface area contributed by atoms with Gasteiger partial charge in [0, 0.05) is 31.3 Å². The van der Waals surface area contributed by atoms with Crippen molar-refractivity contribution in [3.05, 3.63) is 28.3 Å². The molecule has 8 nitrogen and oxygen atoms in total. The van der Waals surface area contributed by atoms with Gasteiger partial charge in [-0.15, -0.1) is 12.4 Å². The van der Waals surface area contributed by atoms with Crippen molar-refractivity contribution >= 4 is 24.0 Å². The van der Waals surface area contributed by atoms with Gasteiger partial charge in [0.05, 0.1) is 12.0 Å². The Morgan fingerprint density at radius 2 is 2.08 bits per heavy atom. The zero-order chi connectivity index (χ0) is 16.8. The number of hydrogen-bond donors (Lipinski definition) is 1. The van der Waals surface area contributed by atoms with Crippen molar-refractivity contribution in [2.75, 3.05) is 33.9 Å². The maximum atomic E-state index is 12.1. The number of nitro benzene ring substituents is 1. The van der Waals surface area contributed by atoms with Gasteiger partial charge in [-0.2, -0.15) is 0 Å². The first-order valence-corrected chi connectivity index (χ1v) is 7.45. The standard InChI is InChI=1S/C15H21N3O5.ClH/c1-16-11-5-7-17(8-6-11)15(19)10-23-12-3-4-13(18(20)21)14(9-12)22-2;/h3-4,9,11,16H,5-8,10H2,1-2H3;1H. The molecule has 24 heavy (non-hydrogen) atoms. The number of nitrogens with zero attached hydrogens (tertiary/aromatic N) is 2. The molecule has 0 bridgehead atoms. The lowest BCUT2D eigenvalue weighted by molar-refractivity contribution is -0.385. The molecule has 0 radical (unpaired) electrons. The van der Waals surface area contributed by atoms with Crippen molar-refractivity contribution in [3.8, 4) is 11.5 Å². The summed E-state index contributed by atoms with van der Waals surface area (Å²) in [5.74, 6) is 0.387. The second-order valence-electron chi connectivity index (χ2n) is 5.32. The molecule has 0 aliphatic carbocycles. The Kier molecular flexibility index (Phi) is 7.73. The second kappa shape index (κ2) is 9.29. The molecule has 0 saturated carbocycles. The van der Waals surface area contributed by atoms with E-state index in [1.807, 2.05) is 7.05 Å². The highest BCUT2D eigenvalue weighted by Crippen LogP contribution is 2.30. The minimum absolute atomic E-state index is 0. The molecule has 1 heterocycles. The summed E-state index contributed by atoms with van der Waals surface area (Å²) >= 11 is 0. The number of rotatable bonds is 6. The van der Waals surface area contributed by atoms with E-state index in [1.54, 1.807) is 4.90 Å². The summed E-state index contributed by atoms with van der Waals surface area (Å²) in [7, 11) is 3.27. The number of methoxy groups -OCH3 is 1. The Bertz CT molecular complexity index is 576. The van der Waals surface area contributed by atoms with Crippen LogP contribution in [0.5, 0.6) is 11.5 Å². The minimum Gasteiger partial charge on any atom is -0.490 e. The molecule has 0 atom stereocenters. The van der Waals surface area contributed by atoms with Gasteiger partial charge in [-0.1, -0.05) is 0 Å². The van der Waals surface area contributed by atoms with Crippen molar-refractivity contribution in [1.29, 1.82) is 0 Å². The van der Waals surface area contributed by atoms with E-state index in [9.17, 15) is 14.9 Å². The Hall–Kier alpha value is -2.06. The van der Waals surface area contributed by atoms with Gasteiger partial charge in [0.2, 0.25) is 5.75 Å². The molecule has 0 aromatic heterocycles. The van der Waals surface area contributed by atoms with Gasteiger partial charge < -0.3 is 19.7 Å². The molecule has 2 rings (SSSR count). The molecule has 1 fully saturated rings. The van der Waals surface area contributed by atoms with Crippen molar-refractivity contribution in [2.24, 2.45) is 0 Å². The first-order valence-electron chi connectivity index (χ1n) is 7.45. The molecule has 1 aromatic rings. The van der Waals surface area contributed by atoms with Gasteiger partial charge in [-0.05, 0) is 26.0 Å². The fourth-order valence-electron chi connectivity index (χ4n) is 2.55. The van der Waals surface area contributed by atoms with Crippen LogP contribution in [0.25, 0.3) is 0 Å². The highest BCUT2D eigenvalue weighted by atomic mass is 35.5. The molecule has 1 aliphatic heterocycles.